The smallest absolute Gasteiger partial charge is 0.198 e. The van der Waals surface area contributed by atoms with Crippen LogP contribution in [0.25, 0.3) is 0 Å². The number of nitrogens with one attached hydrogen (secondary N) is 1. The maximum Gasteiger partial charge on any atom is 0.198 e. The van der Waals surface area contributed by atoms with Gasteiger partial charge in [0.15, 0.2) is 16.9 Å². The minimum absolute atomic E-state index is 0.248. The summed E-state index contributed by atoms with van der Waals surface area (Å²) < 4.78 is 31.4. The van der Waals surface area contributed by atoms with E-state index in [1.54, 1.807) is 6.07 Å². The van der Waals surface area contributed by atoms with Crippen molar-refractivity contribution in [1.82, 2.24) is 5.32 Å². The Hall–Kier alpha value is -1.39. The van der Waals surface area contributed by atoms with Crippen LogP contribution < -0.4 is 5.32 Å². The van der Waals surface area contributed by atoms with E-state index in [2.05, 4.69) is 5.32 Å². The maximum absolute atomic E-state index is 13.3. The van der Waals surface area contributed by atoms with E-state index in [-0.39, 0.29) is 11.3 Å². The molecule has 1 aromatic heterocycles. The maximum atomic E-state index is 13.3. The van der Waals surface area contributed by atoms with Crippen LogP contribution in [0, 0.1) is 11.6 Å². The minimum atomic E-state index is -0.875. The number of benzene rings is 1. The summed E-state index contributed by atoms with van der Waals surface area (Å²) in [5.74, 6) is -1.74. The Morgan fingerprint density at radius 3 is 2.63 bits per heavy atom. The van der Waals surface area contributed by atoms with E-state index in [0.717, 1.165) is 19.0 Å². The second-order valence-corrected chi connectivity index (χ2v) is 4.55. The molecule has 1 atom stereocenters. The van der Waals surface area contributed by atoms with Crippen LogP contribution in [0.1, 0.15) is 30.5 Å². The molecule has 0 radical (unpaired) electrons. The van der Waals surface area contributed by atoms with Gasteiger partial charge in [-0.25, -0.2) is 8.78 Å². The van der Waals surface area contributed by atoms with Crippen molar-refractivity contribution in [3.63, 3.8) is 0 Å². The van der Waals surface area contributed by atoms with Gasteiger partial charge in [-0.3, -0.25) is 0 Å². The fourth-order valence-corrected chi connectivity index (χ4v) is 2.12. The van der Waals surface area contributed by atoms with Crippen LogP contribution in [-0.4, -0.2) is 6.54 Å². The summed E-state index contributed by atoms with van der Waals surface area (Å²) in [6, 6.07) is 5.22. The monoisotopic (exact) mass is 285 g/mol. The highest BCUT2D eigenvalue weighted by molar-refractivity contribution is 6.29. The zero-order chi connectivity index (χ0) is 13.8. The van der Waals surface area contributed by atoms with Gasteiger partial charge in [-0.2, -0.15) is 0 Å². The minimum Gasteiger partial charge on any atom is -0.453 e. The zero-order valence-electron chi connectivity index (χ0n) is 10.4. The van der Waals surface area contributed by atoms with Gasteiger partial charge in [0, 0.05) is 5.56 Å². The summed E-state index contributed by atoms with van der Waals surface area (Å²) in [6.07, 6.45) is 2.38. The normalized spacial score (nSPS) is 12.6. The van der Waals surface area contributed by atoms with Crippen molar-refractivity contribution in [2.24, 2.45) is 0 Å². The van der Waals surface area contributed by atoms with E-state index in [4.69, 9.17) is 16.0 Å². The molecule has 0 spiro atoms. The summed E-state index contributed by atoms with van der Waals surface area (Å²) in [7, 11) is 0. The first-order valence-corrected chi connectivity index (χ1v) is 6.42. The molecule has 5 heteroatoms. The van der Waals surface area contributed by atoms with Gasteiger partial charge in [0.05, 0.1) is 12.3 Å². The van der Waals surface area contributed by atoms with Crippen LogP contribution in [0.2, 0.25) is 5.22 Å². The lowest BCUT2D eigenvalue weighted by Gasteiger charge is -2.18. The highest BCUT2D eigenvalue weighted by Crippen LogP contribution is 2.29. The first-order chi connectivity index (χ1) is 9.13. The summed E-state index contributed by atoms with van der Waals surface area (Å²) in [4.78, 5) is 0. The number of hydrogen-bond donors (Lipinski definition) is 1. The van der Waals surface area contributed by atoms with E-state index in [1.807, 2.05) is 6.92 Å². The summed E-state index contributed by atoms with van der Waals surface area (Å²) in [6.45, 7) is 2.75. The van der Waals surface area contributed by atoms with Crippen LogP contribution in [-0.2, 0) is 0 Å². The molecule has 2 rings (SSSR count). The molecular weight excluding hydrogens is 272 g/mol. The molecule has 2 aromatic rings. The van der Waals surface area contributed by atoms with Gasteiger partial charge in [-0.15, -0.1) is 0 Å². The first kappa shape index (κ1) is 14.0. The van der Waals surface area contributed by atoms with Gasteiger partial charge >= 0.3 is 0 Å². The molecule has 0 aliphatic heterocycles. The molecular formula is C14H14ClF2NO. The Morgan fingerprint density at radius 2 is 2.05 bits per heavy atom. The molecule has 2 nitrogen and oxygen atoms in total. The van der Waals surface area contributed by atoms with Crippen LogP contribution >= 0.6 is 11.6 Å². The third-order valence-electron chi connectivity index (χ3n) is 2.83. The first-order valence-electron chi connectivity index (χ1n) is 6.04. The standard InChI is InChI=1S/C14H14ClF2NO/c1-2-6-18-13(10-5-7-19-14(10)15)9-3-4-11(16)12(17)8-9/h3-5,7-8,13,18H,2,6H2,1H3. The number of rotatable bonds is 5. The molecule has 1 N–H and O–H groups in total. The van der Waals surface area contributed by atoms with Crippen LogP contribution in [0.15, 0.2) is 34.9 Å². The van der Waals surface area contributed by atoms with Gasteiger partial charge < -0.3 is 9.73 Å². The van der Waals surface area contributed by atoms with Crippen molar-refractivity contribution < 1.29 is 13.2 Å². The largest absolute Gasteiger partial charge is 0.453 e. The van der Waals surface area contributed by atoms with Crippen LogP contribution in [0.5, 0.6) is 0 Å². The fraction of sp³-hybridized carbons (Fsp3) is 0.286. The summed E-state index contributed by atoms with van der Waals surface area (Å²) >= 11 is 5.96. The van der Waals surface area contributed by atoms with E-state index in [1.165, 1.54) is 18.4 Å². The lowest BCUT2D eigenvalue weighted by molar-refractivity contribution is 0.502. The van der Waals surface area contributed by atoms with Gasteiger partial charge in [-0.05, 0) is 48.3 Å². The average Bonchev–Trinajstić information content (AvgIpc) is 2.80. The Balaban J connectivity index is 2.37. The zero-order valence-corrected chi connectivity index (χ0v) is 11.2. The lowest BCUT2D eigenvalue weighted by atomic mass is 10.0. The average molecular weight is 286 g/mol. The quantitative estimate of drug-likeness (QED) is 0.886. The molecule has 19 heavy (non-hydrogen) atoms. The fourth-order valence-electron chi connectivity index (χ4n) is 1.90. The Morgan fingerprint density at radius 1 is 1.26 bits per heavy atom. The molecule has 1 unspecified atom stereocenters. The predicted octanol–water partition coefficient (Wildman–Crippen LogP) is 4.30. The summed E-state index contributed by atoms with van der Waals surface area (Å²) in [5, 5.41) is 3.49. The van der Waals surface area contributed by atoms with Gasteiger partial charge in [0.25, 0.3) is 0 Å². The van der Waals surface area contributed by atoms with E-state index >= 15 is 0 Å². The second-order valence-electron chi connectivity index (χ2n) is 4.21. The molecule has 0 aliphatic rings. The van der Waals surface area contributed by atoms with E-state index < -0.39 is 11.6 Å². The molecule has 0 saturated heterocycles. The highest BCUT2D eigenvalue weighted by Gasteiger charge is 2.19. The van der Waals surface area contributed by atoms with E-state index in [9.17, 15) is 8.78 Å². The SMILES string of the molecule is CCCNC(c1ccc(F)c(F)c1)c1ccoc1Cl. The molecule has 1 aromatic carbocycles. The highest BCUT2D eigenvalue weighted by atomic mass is 35.5. The lowest BCUT2D eigenvalue weighted by Crippen LogP contribution is -2.23. The predicted molar refractivity (Wildman–Crippen MR) is 70.2 cm³/mol. The Bertz CT molecular complexity index is 556. The van der Waals surface area contributed by atoms with E-state index in [0.29, 0.717) is 11.1 Å². The Kier molecular flexibility index (Phi) is 4.56. The third-order valence-corrected chi connectivity index (χ3v) is 3.14. The van der Waals surface area contributed by atoms with Crippen molar-refractivity contribution in [1.29, 1.82) is 0 Å². The van der Waals surface area contributed by atoms with Crippen LogP contribution in [0.3, 0.4) is 0 Å². The summed E-state index contributed by atoms with van der Waals surface area (Å²) in [5.41, 5.74) is 1.32. The molecule has 0 bridgehead atoms. The topological polar surface area (TPSA) is 25.2 Å². The molecule has 0 saturated carbocycles. The van der Waals surface area contributed by atoms with Gasteiger partial charge in [0.1, 0.15) is 0 Å². The van der Waals surface area contributed by atoms with Crippen molar-refractivity contribution in [3.8, 4) is 0 Å². The van der Waals surface area contributed by atoms with Crippen LogP contribution in [0.4, 0.5) is 8.78 Å². The number of hydrogen-bond acceptors (Lipinski definition) is 2. The molecule has 1 heterocycles. The Labute approximate surface area is 115 Å². The van der Waals surface area contributed by atoms with Crippen molar-refractivity contribution in [2.75, 3.05) is 6.54 Å². The molecule has 102 valence electrons. The van der Waals surface area contributed by atoms with Crippen molar-refractivity contribution in [3.05, 3.63) is 58.5 Å². The number of halogens is 3. The second kappa shape index (κ2) is 6.17. The molecule has 0 fully saturated rings. The van der Waals surface area contributed by atoms with Gasteiger partial charge in [0.2, 0.25) is 0 Å². The van der Waals surface area contributed by atoms with Gasteiger partial charge in [-0.1, -0.05) is 13.0 Å². The molecule has 0 amide bonds. The third kappa shape index (κ3) is 3.14. The molecule has 0 aliphatic carbocycles. The number of furan rings is 1. The van der Waals surface area contributed by atoms with Crippen molar-refractivity contribution >= 4 is 11.6 Å². The van der Waals surface area contributed by atoms with Crippen molar-refractivity contribution in [2.45, 2.75) is 19.4 Å².